The molecule has 110 valence electrons. The molecule has 0 aromatic carbocycles. The van der Waals surface area contributed by atoms with Crippen LogP contribution in [0.15, 0.2) is 38.5 Å². The summed E-state index contributed by atoms with van der Waals surface area (Å²) in [4.78, 5) is -0.0335. The van der Waals surface area contributed by atoms with E-state index in [1.807, 2.05) is 0 Å². The fraction of sp³-hybridized carbons (Fsp3) is 0.364. The van der Waals surface area contributed by atoms with E-state index in [2.05, 4.69) is 25.8 Å². The Morgan fingerprint density at radius 3 is 2.90 bits per heavy atom. The summed E-state index contributed by atoms with van der Waals surface area (Å²) in [5.41, 5.74) is 0. The molecule has 2 heterocycles. The Morgan fingerprint density at radius 1 is 1.60 bits per heavy atom. The van der Waals surface area contributed by atoms with Crippen LogP contribution in [-0.2, 0) is 23.2 Å². The van der Waals surface area contributed by atoms with E-state index < -0.39 is 10.0 Å². The Kier molecular flexibility index (Phi) is 4.63. The number of sulfonamides is 1. The van der Waals surface area contributed by atoms with E-state index in [1.165, 1.54) is 6.07 Å². The molecule has 9 heteroatoms. The average molecular weight is 364 g/mol. The van der Waals surface area contributed by atoms with E-state index in [0.29, 0.717) is 6.54 Å². The smallest absolute Gasteiger partial charge is 0.245 e. The first-order valence-corrected chi connectivity index (χ1v) is 8.09. The molecule has 20 heavy (non-hydrogen) atoms. The molecule has 1 unspecified atom stereocenters. The number of furan rings is 1. The van der Waals surface area contributed by atoms with Crippen LogP contribution in [0.4, 0.5) is 0 Å². The quantitative estimate of drug-likeness (QED) is 0.800. The Morgan fingerprint density at radius 2 is 2.35 bits per heavy atom. The first-order chi connectivity index (χ1) is 9.42. The molecular formula is C11H14BrN3O4S. The number of nitrogens with one attached hydrogen (secondary N) is 1. The van der Waals surface area contributed by atoms with Crippen molar-refractivity contribution in [3.8, 4) is 0 Å². The number of rotatable bonds is 6. The molecule has 0 aliphatic heterocycles. The molecule has 2 rings (SSSR count). The normalized spacial score (nSPS) is 13.6. The van der Waals surface area contributed by atoms with Gasteiger partial charge < -0.3 is 9.52 Å². The number of nitrogens with zero attached hydrogens (tertiary/aromatic N) is 2. The van der Waals surface area contributed by atoms with Crippen molar-refractivity contribution >= 4 is 26.0 Å². The second-order valence-electron chi connectivity index (χ2n) is 4.26. The molecule has 1 atom stereocenters. The van der Waals surface area contributed by atoms with Crippen LogP contribution in [0.3, 0.4) is 0 Å². The molecule has 7 nitrogen and oxygen atoms in total. The molecular weight excluding hydrogens is 350 g/mol. The standard InChI is InChI=1S/C11H14BrN3O4S/c1-8(6-15-4-2-3-13-15)14-20(17,18)10-5-9(7-16)19-11(10)12/h2-5,8,14,16H,6-7H2,1H3. The minimum absolute atomic E-state index is 0.0335. The summed E-state index contributed by atoms with van der Waals surface area (Å²) in [7, 11) is -3.73. The first kappa shape index (κ1) is 15.2. The van der Waals surface area contributed by atoms with Crippen molar-refractivity contribution in [1.82, 2.24) is 14.5 Å². The van der Waals surface area contributed by atoms with Gasteiger partial charge in [0.1, 0.15) is 17.3 Å². The van der Waals surface area contributed by atoms with E-state index >= 15 is 0 Å². The van der Waals surface area contributed by atoms with Gasteiger partial charge in [-0.15, -0.1) is 0 Å². The number of halogens is 1. The van der Waals surface area contributed by atoms with Crippen molar-refractivity contribution in [2.45, 2.75) is 31.0 Å². The highest BCUT2D eigenvalue weighted by molar-refractivity contribution is 9.10. The highest BCUT2D eigenvalue weighted by Gasteiger charge is 2.24. The fourth-order valence-electron chi connectivity index (χ4n) is 1.71. The van der Waals surface area contributed by atoms with Gasteiger partial charge in [-0.2, -0.15) is 5.10 Å². The van der Waals surface area contributed by atoms with Crippen LogP contribution in [0.5, 0.6) is 0 Å². The Balaban J connectivity index is 2.12. The zero-order valence-corrected chi connectivity index (χ0v) is 13.1. The largest absolute Gasteiger partial charge is 0.450 e. The monoisotopic (exact) mass is 363 g/mol. The van der Waals surface area contributed by atoms with E-state index in [-0.39, 0.29) is 28.0 Å². The summed E-state index contributed by atoms with van der Waals surface area (Å²) in [5, 5.41) is 13.0. The SMILES string of the molecule is CC(Cn1cccn1)NS(=O)(=O)c1cc(CO)oc1Br. The highest BCUT2D eigenvalue weighted by Crippen LogP contribution is 2.26. The van der Waals surface area contributed by atoms with Crippen molar-refractivity contribution in [3.05, 3.63) is 35.0 Å². The minimum Gasteiger partial charge on any atom is -0.450 e. The summed E-state index contributed by atoms with van der Waals surface area (Å²) in [6, 6.07) is 2.70. The maximum atomic E-state index is 12.2. The second kappa shape index (κ2) is 6.08. The molecule has 2 aromatic heterocycles. The zero-order valence-electron chi connectivity index (χ0n) is 10.7. The van der Waals surface area contributed by atoms with Crippen LogP contribution in [-0.4, -0.2) is 29.3 Å². The van der Waals surface area contributed by atoms with Crippen LogP contribution >= 0.6 is 15.9 Å². The van der Waals surface area contributed by atoms with Gasteiger partial charge in [0, 0.05) is 24.5 Å². The molecule has 0 saturated heterocycles. The summed E-state index contributed by atoms with van der Waals surface area (Å²) in [6.45, 7) is 1.78. The van der Waals surface area contributed by atoms with Crippen LogP contribution in [0.2, 0.25) is 0 Å². The molecule has 0 aliphatic carbocycles. The number of hydrogen-bond donors (Lipinski definition) is 2. The lowest BCUT2D eigenvalue weighted by molar-refractivity contribution is 0.245. The lowest BCUT2D eigenvalue weighted by atomic mass is 10.4. The fourth-order valence-corrected chi connectivity index (χ4v) is 3.95. The first-order valence-electron chi connectivity index (χ1n) is 5.81. The Bertz CT molecular complexity index is 666. The van der Waals surface area contributed by atoms with Gasteiger partial charge in [0.2, 0.25) is 10.0 Å². The van der Waals surface area contributed by atoms with Gasteiger partial charge in [0.15, 0.2) is 4.67 Å². The summed E-state index contributed by atoms with van der Waals surface area (Å²) in [5.74, 6) is 0.178. The molecule has 0 spiro atoms. The van der Waals surface area contributed by atoms with Crippen molar-refractivity contribution in [2.24, 2.45) is 0 Å². The van der Waals surface area contributed by atoms with Crippen molar-refractivity contribution in [3.63, 3.8) is 0 Å². The van der Waals surface area contributed by atoms with Crippen LogP contribution in [0, 0.1) is 0 Å². The third-order valence-corrected chi connectivity index (χ3v) is 4.97. The van der Waals surface area contributed by atoms with Crippen LogP contribution in [0.1, 0.15) is 12.7 Å². The lowest BCUT2D eigenvalue weighted by Crippen LogP contribution is -2.35. The Labute approximate surface area is 124 Å². The molecule has 0 aliphatic rings. The van der Waals surface area contributed by atoms with Gasteiger partial charge in [-0.25, -0.2) is 13.1 Å². The molecule has 2 N–H and O–H groups in total. The zero-order chi connectivity index (χ0) is 14.8. The molecule has 0 radical (unpaired) electrons. The lowest BCUT2D eigenvalue weighted by Gasteiger charge is -2.13. The van der Waals surface area contributed by atoms with E-state index in [4.69, 9.17) is 9.52 Å². The third kappa shape index (κ3) is 3.48. The molecule has 0 saturated carbocycles. The minimum atomic E-state index is -3.73. The predicted molar refractivity (Wildman–Crippen MR) is 74.3 cm³/mol. The summed E-state index contributed by atoms with van der Waals surface area (Å²) < 4.78 is 33.7. The maximum absolute atomic E-state index is 12.2. The van der Waals surface area contributed by atoms with Gasteiger partial charge in [-0.05, 0) is 28.9 Å². The van der Waals surface area contributed by atoms with Crippen molar-refractivity contribution in [1.29, 1.82) is 0 Å². The predicted octanol–water partition coefficient (Wildman–Crippen LogP) is 1.10. The van der Waals surface area contributed by atoms with Crippen LogP contribution < -0.4 is 4.72 Å². The average Bonchev–Trinajstić information content (AvgIpc) is 2.97. The molecule has 0 amide bonds. The Hall–Kier alpha value is -1.16. The van der Waals surface area contributed by atoms with Gasteiger partial charge >= 0.3 is 0 Å². The summed E-state index contributed by atoms with van der Waals surface area (Å²) >= 11 is 3.03. The number of aliphatic hydroxyl groups is 1. The van der Waals surface area contributed by atoms with Crippen molar-refractivity contribution < 1.29 is 17.9 Å². The van der Waals surface area contributed by atoms with E-state index in [0.717, 1.165) is 0 Å². The molecule has 0 fully saturated rings. The topological polar surface area (TPSA) is 97.4 Å². The summed E-state index contributed by atoms with van der Waals surface area (Å²) in [6.07, 6.45) is 3.38. The number of hydrogen-bond acceptors (Lipinski definition) is 5. The second-order valence-corrected chi connectivity index (χ2v) is 6.66. The van der Waals surface area contributed by atoms with Crippen LogP contribution in [0.25, 0.3) is 0 Å². The number of aromatic nitrogens is 2. The maximum Gasteiger partial charge on any atom is 0.245 e. The van der Waals surface area contributed by atoms with E-state index in [1.54, 1.807) is 30.1 Å². The highest BCUT2D eigenvalue weighted by atomic mass is 79.9. The van der Waals surface area contributed by atoms with Gasteiger partial charge in [0.05, 0.1) is 6.54 Å². The van der Waals surface area contributed by atoms with Gasteiger partial charge in [0.25, 0.3) is 0 Å². The van der Waals surface area contributed by atoms with Gasteiger partial charge in [-0.1, -0.05) is 0 Å². The molecule has 2 aromatic rings. The number of aliphatic hydroxyl groups excluding tert-OH is 1. The van der Waals surface area contributed by atoms with Crippen molar-refractivity contribution in [2.75, 3.05) is 0 Å². The molecule has 0 bridgehead atoms. The van der Waals surface area contributed by atoms with Gasteiger partial charge in [-0.3, -0.25) is 4.68 Å². The van der Waals surface area contributed by atoms with E-state index in [9.17, 15) is 8.42 Å². The third-order valence-electron chi connectivity index (χ3n) is 2.53.